The molecule has 128 valence electrons. The van der Waals surface area contributed by atoms with Gasteiger partial charge in [0, 0.05) is 12.6 Å². The Labute approximate surface area is 146 Å². The van der Waals surface area contributed by atoms with Crippen molar-refractivity contribution < 1.29 is 4.74 Å². The standard InChI is InChI=1S/C22H29NO/c1-18-12-14-20(15-13-18)22(19-8-4-2-5-9-19)24-17-16-23-21-10-6-3-7-11-21/h2,4-5,8-9,12-15,21-23H,3,6-7,10-11,16-17H2,1H3. The predicted octanol–water partition coefficient (Wildman–Crippen LogP) is 5.02. The smallest absolute Gasteiger partial charge is 0.108 e. The molecule has 0 amide bonds. The van der Waals surface area contributed by atoms with Crippen LogP contribution in [0.4, 0.5) is 0 Å². The summed E-state index contributed by atoms with van der Waals surface area (Å²) < 4.78 is 6.28. The largest absolute Gasteiger partial charge is 0.367 e. The summed E-state index contributed by atoms with van der Waals surface area (Å²) in [5, 5.41) is 3.66. The maximum absolute atomic E-state index is 6.28. The molecule has 1 saturated carbocycles. The number of rotatable bonds is 7. The number of hydrogen-bond acceptors (Lipinski definition) is 2. The van der Waals surface area contributed by atoms with E-state index < -0.39 is 0 Å². The Balaban J connectivity index is 1.59. The Morgan fingerprint density at radius 2 is 1.58 bits per heavy atom. The van der Waals surface area contributed by atoms with Gasteiger partial charge in [-0.25, -0.2) is 0 Å². The van der Waals surface area contributed by atoms with E-state index in [4.69, 9.17) is 4.74 Å². The zero-order valence-corrected chi connectivity index (χ0v) is 14.7. The first-order chi connectivity index (χ1) is 11.8. The lowest BCUT2D eigenvalue weighted by Gasteiger charge is -2.24. The molecule has 1 unspecified atom stereocenters. The molecule has 2 aromatic carbocycles. The predicted molar refractivity (Wildman–Crippen MR) is 100 cm³/mol. The van der Waals surface area contributed by atoms with Crippen molar-refractivity contribution in [3.8, 4) is 0 Å². The lowest BCUT2D eigenvalue weighted by molar-refractivity contribution is 0.0797. The summed E-state index contributed by atoms with van der Waals surface area (Å²) in [6.45, 7) is 3.79. The second kappa shape index (κ2) is 9.00. The van der Waals surface area contributed by atoms with Gasteiger partial charge in [-0.2, -0.15) is 0 Å². The van der Waals surface area contributed by atoms with Gasteiger partial charge >= 0.3 is 0 Å². The lowest BCUT2D eigenvalue weighted by Crippen LogP contribution is -2.33. The highest BCUT2D eigenvalue weighted by Crippen LogP contribution is 2.26. The molecule has 0 saturated heterocycles. The second-order valence-electron chi connectivity index (χ2n) is 6.86. The molecule has 3 rings (SSSR count). The van der Waals surface area contributed by atoms with Crippen molar-refractivity contribution in [2.75, 3.05) is 13.2 Å². The van der Waals surface area contributed by atoms with Crippen LogP contribution < -0.4 is 5.32 Å². The highest BCUT2D eigenvalue weighted by molar-refractivity contribution is 5.31. The van der Waals surface area contributed by atoms with E-state index in [9.17, 15) is 0 Å². The Morgan fingerprint density at radius 3 is 2.29 bits per heavy atom. The van der Waals surface area contributed by atoms with Crippen LogP contribution in [0.15, 0.2) is 54.6 Å². The van der Waals surface area contributed by atoms with Crippen LogP contribution in [0.2, 0.25) is 0 Å². The van der Waals surface area contributed by atoms with Gasteiger partial charge in [0.15, 0.2) is 0 Å². The molecule has 2 heteroatoms. The van der Waals surface area contributed by atoms with Crippen LogP contribution in [-0.4, -0.2) is 19.2 Å². The lowest BCUT2D eigenvalue weighted by atomic mass is 9.95. The fourth-order valence-electron chi connectivity index (χ4n) is 3.50. The normalized spacial score (nSPS) is 16.9. The Bertz CT molecular complexity index is 587. The molecule has 2 aromatic rings. The molecule has 0 bridgehead atoms. The molecule has 1 aliphatic rings. The zero-order valence-electron chi connectivity index (χ0n) is 14.7. The first-order valence-electron chi connectivity index (χ1n) is 9.29. The van der Waals surface area contributed by atoms with Crippen molar-refractivity contribution in [3.05, 3.63) is 71.3 Å². The molecule has 1 N–H and O–H groups in total. The minimum atomic E-state index is 0.0138. The molecular formula is C22H29NO. The third-order valence-corrected chi connectivity index (χ3v) is 4.91. The van der Waals surface area contributed by atoms with Crippen LogP contribution in [0.3, 0.4) is 0 Å². The molecule has 1 fully saturated rings. The van der Waals surface area contributed by atoms with E-state index in [-0.39, 0.29) is 6.10 Å². The van der Waals surface area contributed by atoms with E-state index in [2.05, 4.69) is 66.8 Å². The summed E-state index contributed by atoms with van der Waals surface area (Å²) in [4.78, 5) is 0. The number of benzene rings is 2. The first kappa shape index (κ1) is 17.2. The van der Waals surface area contributed by atoms with Gasteiger partial charge in [-0.15, -0.1) is 0 Å². The van der Waals surface area contributed by atoms with Gasteiger partial charge in [-0.05, 0) is 30.9 Å². The van der Waals surface area contributed by atoms with E-state index in [1.807, 2.05) is 0 Å². The van der Waals surface area contributed by atoms with E-state index in [1.165, 1.54) is 48.8 Å². The average molecular weight is 323 g/mol. The third kappa shape index (κ3) is 4.93. The first-order valence-corrected chi connectivity index (χ1v) is 9.29. The highest BCUT2D eigenvalue weighted by Gasteiger charge is 2.15. The summed E-state index contributed by atoms with van der Waals surface area (Å²) in [5.74, 6) is 0. The molecule has 0 aliphatic heterocycles. The van der Waals surface area contributed by atoms with Gasteiger partial charge in [-0.3, -0.25) is 0 Å². The van der Waals surface area contributed by atoms with Gasteiger partial charge in [-0.1, -0.05) is 79.4 Å². The van der Waals surface area contributed by atoms with Gasteiger partial charge in [0.1, 0.15) is 6.10 Å². The molecule has 0 heterocycles. The van der Waals surface area contributed by atoms with Gasteiger partial charge in [0.25, 0.3) is 0 Å². The molecule has 1 atom stereocenters. The second-order valence-corrected chi connectivity index (χ2v) is 6.86. The molecule has 24 heavy (non-hydrogen) atoms. The summed E-state index contributed by atoms with van der Waals surface area (Å²) in [6, 6.07) is 19.9. The highest BCUT2D eigenvalue weighted by atomic mass is 16.5. The summed E-state index contributed by atoms with van der Waals surface area (Å²) in [5.41, 5.74) is 3.73. The maximum atomic E-state index is 6.28. The monoisotopic (exact) mass is 323 g/mol. The van der Waals surface area contributed by atoms with E-state index in [0.717, 1.165) is 13.2 Å². The zero-order chi connectivity index (χ0) is 16.6. The van der Waals surface area contributed by atoms with Gasteiger partial charge < -0.3 is 10.1 Å². The minimum absolute atomic E-state index is 0.0138. The Morgan fingerprint density at radius 1 is 0.917 bits per heavy atom. The van der Waals surface area contributed by atoms with Crippen molar-refractivity contribution >= 4 is 0 Å². The quantitative estimate of drug-likeness (QED) is 0.722. The van der Waals surface area contributed by atoms with Crippen molar-refractivity contribution in [3.63, 3.8) is 0 Å². The summed E-state index contributed by atoms with van der Waals surface area (Å²) in [7, 11) is 0. The van der Waals surface area contributed by atoms with Crippen LogP contribution in [0.25, 0.3) is 0 Å². The molecule has 1 aliphatic carbocycles. The van der Waals surface area contributed by atoms with E-state index in [0.29, 0.717) is 6.04 Å². The Kier molecular flexibility index (Phi) is 6.45. The topological polar surface area (TPSA) is 21.3 Å². The van der Waals surface area contributed by atoms with E-state index >= 15 is 0 Å². The van der Waals surface area contributed by atoms with Crippen LogP contribution in [0, 0.1) is 6.92 Å². The van der Waals surface area contributed by atoms with Crippen molar-refractivity contribution in [1.29, 1.82) is 0 Å². The van der Waals surface area contributed by atoms with Crippen molar-refractivity contribution in [2.24, 2.45) is 0 Å². The summed E-state index contributed by atoms with van der Waals surface area (Å²) in [6.07, 6.45) is 6.79. The van der Waals surface area contributed by atoms with Crippen LogP contribution in [0.1, 0.15) is 54.9 Å². The number of ether oxygens (including phenoxy) is 1. The maximum Gasteiger partial charge on any atom is 0.108 e. The van der Waals surface area contributed by atoms with Gasteiger partial charge in [0.2, 0.25) is 0 Å². The number of hydrogen-bond donors (Lipinski definition) is 1. The summed E-state index contributed by atoms with van der Waals surface area (Å²) >= 11 is 0. The Hall–Kier alpha value is -1.64. The van der Waals surface area contributed by atoms with Crippen LogP contribution in [0.5, 0.6) is 0 Å². The van der Waals surface area contributed by atoms with Crippen molar-refractivity contribution in [2.45, 2.75) is 51.2 Å². The average Bonchev–Trinajstić information content (AvgIpc) is 2.64. The molecule has 0 radical (unpaired) electrons. The molecular weight excluding hydrogens is 294 g/mol. The van der Waals surface area contributed by atoms with Gasteiger partial charge in [0.05, 0.1) is 6.61 Å². The van der Waals surface area contributed by atoms with Crippen LogP contribution in [-0.2, 0) is 4.74 Å². The van der Waals surface area contributed by atoms with E-state index in [1.54, 1.807) is 0 Å². The van der Waals surface area contributed by atoms with Crippen molar-refractivity contribution in [1.82, 2.24) is 5.32 Å². The number of aryl methyl sites for hydroxylation is 1. The number of nitrogens with one attached hydrogen (secondary N) is 1. The fraction of sp³-hybridized carbons (Fsp3) is 0.455. The third-order valence-electron chi connectivity index (χ3n) is 4.91. The molecule has 0 spiro atoms. The van der Waals surface area contributed by atoms with Crippen LogP contribution >= 0.6 is 0 Å². The molecule has 2 nitrogen and oxygen atoms in total. The fourth-order valence-corrected chi connectivity index (χ4v) is 3.50. The molecule has 0 aromatic heterocycles. The minimum Gasteiger partial charge on any atom is -0.367 e. The SMILES string of the molecule is Cc1ccc(C(OCCNC2CCCCC2)c2ccccc2)cc1.